The number of phenolic OH excluding ortho intramolecular Hbond substituents is 1. The summed E-state index contributed by atoms with van der Waals surface area (Å²) in [5, 5.41) is 35.4. The van der Waals surface area contributed by atoms with E-state index in [0.29, 0.717) is 24.1 Å². The molecule has 8 heteroatoms. The number of hydrogen-bond acceptors (Lipinski definition) is 5. The van der Waals surface area contributed by atoms with E-state index < -0.39 is 22.3 Å². The summed E-state index contributed by atoms with van der Waals surface area (Å²) in [5.74, 6) is -1.68. The molecule has 0 atom stereocenters. The minimum absolute atomic E-state index is 0.0262. The Bertz CT molecular complexity index is 1120. The first-order chi connectivity index (χ1) is 13.7. The summed E-state index contributed by atoms with van der Waals surface area (Å²) in [6.07, 6.45) is 1.20. The number of benzene rings is 2. The summed E-state index contributed by atoms with van der Waals surface area (Å²) in [5.41, 5.74) is 3.46. The zero-order chi connectivity index (χ0) is 21.3. The van der Waals surface area contributed by atoms with Gasteiger partial charge in [-0.2, -0.15) is 5.10 Å². The monoisotopic (exact) mass is 395 g/mol. The molecule has 1 aromatic heterocycles. The van der Waals surface area contributed by atoms with Crippen molar-refractivity contribution in [2.45, 2.75) is 33.6 Å². The topological polar surface area (TPSA) is 118 Å². The molecule has 0 saturated heterocycles. The number of nitrogens with zero attached hydrogens (tertiary/aromatic N) is 3. The molecule has 0 unspecified atom stereocenters. The van der Waals surface area contributed by atoms with Gasteiger partial charge in [-0.05, 0) is 55.7 Å². The molecule has 0 aliphatic rings. The van der Waals surface area contributed by atoms with Gasteiger partial charge in [-0.15, -0.1) is 0 Å². The molecule has 150 valence electrons. The van der Waals surface area contributed by atoms with E-state index in [0.717, 1.165) is 22.9 Å². The molecule has 0 aliphatic carbocycles. The van der Waals surface area contributed by atoms with Crippen molar-refractivity contribution in [3.63, 3.8) is 0 Å². The van der Waals surface area contributed by atoms with E-state index in [4.69, 9.17) is 0 Å². The Kier molecular flexibility index (Phi) is 5.36. The first-order valence-electron chi connectivity index (χ1n) is 9.15. The Morgan fingerprint density at radius 2 is 1.90 bits per heavy atom. The van der Waals surface area contributed by atoms with Crippen LogP contribution in [0.5, 0.6) is 5.75 Å². The van der Waals surface area contributed by atoms with Crippen LogP contribution in [0.15, 0.2) is 36.4 Å². The SMILES string of the molecule is CCCc1c(C(=O)O)c(-c2ccc([N+](=O)[O-])c(O)c2)nn1-c1ccc(C)c(C)c1. The molecule has 3 rings (SSSR count). The van der Waals surface area contributed by atoms with E-state index in [1.54, 1.807) is 4.68 Å². The number of carboxylic acid groups (broad SMARTS) is 1. The fraction of sp³-hybridized carbons (Fsp3) is 0.238. The van der Waals surface area contributed by atoms with Gasteiger partial charge in [0.1, 0.15) is 11.3 Å². The molecule has 0 fully saturated rings. The average molecular weight is 395 g/mol. The fourth-order valence-electron chi connectivity index (χ4n) is 3.24. The van der Waals surface area contributed by atoms with Crippen LogP contribution < -0.4 is 0 Å². The number of nitro groups is 1. The van der Waals surface area contributed by atoms with Crippen LogP contribution in [-0.4, -0.2) is 30.9 Å². The summed E-state index contributed by atoms with van der Waals surface area (Å²) in [4.78, 5) is 22.4. The van der Waals surface area contributed by atoms with Gasteiger partial charge in [0.25, 0.3) is 0 Å². The largest absolute Gasteiger partial charge is 0.502 e. The lowest BCUT2D eigenvalue weighted by atomic mass is 10.0. The Hall–Kier alpha value is -3.68. The van der Waals surface area contributed by atoms with Gasteiger partial charge in [0.05, 0.1) is 16.3 Å². The molecule has 1 heterocycles. The lowest BCUT2D eigenvalue weighted by Crippen LogP contribution is -2.07. The summed E-state index contributed by atoms with van der Waals surface area (Å²) >= 11 is 0. The number of aromatic carboxylic acids is 1. The summed E-state index contributed by atoms with van der Waals surface area (Å²) < 4.78 is 1.60. The third kappa shape index (κ3) is 3.69. The molecule has 2 aromatic carbocycles. The van der Waals surface area contributed by atoms with Crippen molar-refractivity contribution < 1.29 is 19.9 Å². The highest BCUT2D eigenvalue weighted by atomic mass is 16.6. The number of aromatic nitrogens is 2. The van der Waals surface area contributed by atoms with E-state index >= 15 is 0 Å². The smallest absolute Gasteiger partial charge is 0.339 e. The van der Waals surface area contributed by atoms with Crippen molar-refractivity contribution in [1.29, 1.82) is 0 Å². The normalized spacial score (nSPS) is 10.9. The van der Waals surface area contributed by atoms with Gasteiger partial charge >= 0.3 is 11.7 Å². The van der Waals surface area contributed by atoms with Gasteiger partial charge in [0.2, 0.25) is 0 Å². The number of hydrogen-bond donors (Lipinski definition) is 2. The van der Waals surface area contributed by atoms with E-state index in [9.17, 15) is 25.1 Å². The zero-order valence-corrected chi connectivity index (χ0v) is 16.3. The Morgan fingerprint density at radius 1 is 1.17 bits per heavy atom. The third-order valence-electron chi connectivity index (χ3n) is 4.86. The molecule has 3 aromatic rings. The number of aromatic hydroxyl groups is 1. The Morgan fingerprint density at radius 3 is 2.45 bits per heavy atom. The summed E-state index contributed by atoms with van der Waals surface area (Å²) in [6, 6.07) is 9.46. The Balaban J connectivity index is 2.27. The number of phenols is 1. The number of aryl methyl sites for hydroxylation is 2. The standard InChI is InChI=1S/C21H21N3O5/c1-4-5-17-19(21(26)27)20(14-7-9-16(24(28)29)18(25)11-14)22-23(17)15-8-6-12(2)13(3)10-15/h6-11,25H,4-5H2,1-3H3,(H,26,27). The van der Waals surface area contributed by atoms with Crippen molar-refractivity contribution in [2.75, 3.05) is 0 Å². The lowest BCUT2D eigenvalue weighted by molar-refractivity contribution is -0.385. The van der Waals surface area contributed by atoms with Gasteiger partial charge in [0.15, 0.2) is 5.75 Å². The number of nitro benzene ring substituents is 1. The second kappa shape index (κ2) is 7.75. The van der Waals surface area contributed by atoms with Gasteiger partial charge in [-0.3, -0.25) is 10.1 Å². The minimum atomic E-state index is -1.14. The molecule has 2 N–H and O–H groups in total. The maximum atomic E-state index is 12.1. The molecule has 0 radical (unpaired) electrons. The van der Waals surface area contributed by atoms with Crippen LogP contribution in [0.4, 0.5) is 5.69 Å². The predicted octanol–water partition coefficient (Wildman–Crippen LogP) is 4.42. The van der Waals surface area contributed by atoms with Crippen molar-refractivity contribution in [3.8, 4) is 22.7 Å². The fourth-order valence-corrected chi connectivity index (χ4v) is 3.24. The second-order valence-electron chi connectivity index (χ2n) is 6.87. The van der Waals surface area contributed by atoms with Crippen molar-refractivity contribution in [3.05, 3.63) is 68.9 Å². The van der Waals surface area contributed by atoms with Crippen LogP contribution in [0, 0.1) is 24.0 Å². The van der Waals surface area contributed by atoms with Crippen molar-refractivity contribution in [2.24, 2.45) is 0 Å². The van der Waals surface area contributed by atoms with Crippen LogP contribution in [0.2, 0.25) is 0 Å². The van der Waals surface area contributed by atoms with E-state index in [-0.39, 0.29) is 11.3 Å². The summed E-state index contributed by atoms with van der Waals surface area (Å²) in [7, 11) is 0. The van der Waals surface area contributed by atoms with Gasteiger partial charge in [-0.25, -0.2) is 9.48 Å². The predicted molar refractivity (Wildman–Crippen MR) is 108 cm³/mol. The zero-order valence-electron chi connectivity index (χ0n) is 16.3. The molecule has 0 amide bonds. The highest BCUT2D eigenvalue weighted by molar-refractivity contribution is 5.96. The van der Waals surface area contributed by atoms with E-state index in [1.807, 2.05) is 39.0 Å². The van der Waals surface area contributed by atoms with Crippen LogP contribution >= 0.6 is 0 Å². The molecule has 0 bridgehead atoms. The van der Waals surface area contributed by atoms with Crippen molar-refractivity contribution in [1.82, 2.24) is 9.78 Å². The second-order valence-corrected chi connectivity index (χ2v) is 6.87. The van der Waals surface area contributed by atoms with E-state index in [1.165, 1.54) is 12.1 Å². The molecule has 29 heavy (non-hydrogen) atoms. The number of carbonyl (C=O) groups is 1. The average Bonchev–Trinajstić information content (AvgIpc) is 3.03. The quantitative estimate of drug-likeness (QED) is 0.471. The Labute approximate surface area is 167 Å². The maximum absolute atomic E-state index is 12.1. The van der Waals surface area contributed by atoms with Gasteiger partial charge < -0.3 is 10.2 Å². The number of rotatable bonds is 6. The minimum Gasteiger partial charge on any atom is -0.502 e. The maximum Gasteiger partial charge on any atom is 0.339 e. The van der Waals surface area contributed by atoms with Crippen LogP contribution in [0.1, 0.15) is 40.5 Å². The van der Waals surface area contributed by atoms with E-state index in [2.05, 4.69) is 5.10 Å². The highest BCUT2D eigenvalue weighted by Crippen LogP contribution is 2.34. The number of carboxylic acids is 1. The molecular weight excluding hydrogens is 374 g/mol. The summed E-state index contributed by atoms with van der Waals surface area (Å²) in [6.45, 7) is 5.90. The third-order valence-corrected chi connectivity index (χ3v) is 4.86. The lowest BCUT2D eigenvalue weighted by Gasteiger charge is -2.09. The molecule has 0 spiro atoms. The first-order valence-corrected chi connectivity index (χ1v) is 9.15. The molecule has 0 saturated carbocycles. The van der Waals surface area contributed by atoms with Gasteiger partial charge in [-0.1, -0.05) is 19.4 Å². The molecular formula is C21H21N3O5. The molecule has 8 nitrogen and oxygen atoms in total. The first kappa shape index (κ1) is 20.1. The van der Waals surface area contributed by atoms with Crippen LogP contribution in [0.25, 0.3) is 16.9 Å². The molecule has 0 aliphatic heterocycles. The van der Waals surface area contributed by atoms with Gasteiger partial charge in [0, 0.05) is 11.6 Å². The van der Waals surface area contributed by atoms with Crippen molar-refractivity contribution >= 4 is 11.7 Å². The van der Waals surface area contributed by atoms with Crippen LogP contribution in [-0.2, 0) is 6.42 Å². The van der Waals surface area contributed by atoms with Crippen LogP contribution in [0.3, 0.4) is 0 Å². The highest BCUT2D eigenvalue weighted by Gasteiger charge is 2.26.